The molecule has 1 aromatic heterocycles. The number of hydrogen-bond acceptors (Lipinski definition) is 5. The van der Waals surface area contributed by atoms with E-state index in [1.165, 1.54) is 6.42 Å². The van der Waals surface area contributed by atoms with Gasteiger partial charge in [-0.15, -0.1) is 0 Å². The lowest BCUT2D eigenvalue weighted by Crippen LogP contribution is -2.58. The molecule has 0 bridgehead atoms. The molecular formula is C18H26N4O3. The smallest absolute Gasteiger partial charge is 0.407 e. The number of likely N-dealkylation sites (tertiary alicyclic amines) is 1. The van der Waals surface area contributed by atoms with Crippen LogP contribution >= 0.6 is 0 Å². The van der Waals surface area contributed by atoms with Crippen molar-refractivity contribution >= 4 is 11.9 Å². The van der Waals surface area contributed by atoms with Gasteiger partial charge in [0.2, 0.25) is 0 Å². The molecule has 2 aliphatic heterocycles. The van der Waals surface area contributed by atoms with Crippen molar-refractivity contribution in [2.24, 2.45) is 5.41 Å². The number of methoxy groups -OCH3 is 1. The van der Waals surface area contributed by atoms with Crippen molar-refractivity contribution in [3.8, 4) is 5.75 Å². The second-order valence-electron chi connectivity index (χ2n) is 7.59. The van der Waals surface area contributed by atoms with Crippen molar-refractivity contribution in [1.82, 2.24) is 14.8 Å². The predicted molar refractivity (Wildman–Crippen MR) is 94.2 cm³/mol. The summed E-state index contributed by atoms with van der Waals surface area (Å²) in [7, 11) is 1.69. The van der Waals surface area contributed by atoms with Crippen LogP contribution in [0.4, 0.5) is 10.6 Å². The maximum Gasteiger partial charge on any atom is 0.407 e. The predicted octanol–water partition coefficient (Wildman–Crippen LogP) is 1.74. The Hall–Kier alpha value is -2.02. The van der Waals surface area contributed by atoms with Crippen LogP contribution in [0.25, 0.3) is 0 Å². The Balaban J connectivity index is 1.32. The SMILES string of the molecule is COc1cccnc1N1CCN([C@H]2CCC3(C2)CN(C(=O)O)C3)CC1. The highest BCUT2D eigenvalue weighted by Crippen LogP contribution is 2.47. The van der Waals surface area contributed by atoms with Gasteiger partial charge >= 0.3 is 6.09 Å². The third kappa shape index (κ3) is 3.01. The summed E-state index contributed by atoms with van der Waals surface area (Å²) in [5.74, 6) is 1.77. The van der Waals surface area contributed by atoms with E-state index < -0.39 is 6.09 Å². The Morgan fingerprint density at radius 3 is 2.76 bits per heavy atom. The van der Waals surface area contributed by atoms with Crippen LogP contribution in [0, 0.1) is 5.41 Å². The van der Waals surface area contributed by atoms with E-state index in [4.69, 9.17) is 9.84 Å². The summed E-state index contributed by atoms with van der Waals surface area (Å²) in [4.78, 5) is 21.9. The number of anilines is 1. The van der Waals surface area contributed by atoms with Gasteiger partial charge in [0, 0.05) is 56.9 Å². The highest BCUT2D eigenvalue weighted by molar-refractivity contribution is 5.66. The standard InChI is InChI=1S/C18H26N4O3/c1-25-15-3-2-6-19-16(15)21-9-7-20(8-10-21)14-4-5-18(11-14)12-22(13-18)17(23)24/h2-3,6,14H,4-5,7-13H2,1H3,(H,23,24)/t14-/m0/s1. The Bertz CT molecular complexity index is 639. The van der Waals surface area contributed by atoms with Gasteiger partial charge in [0.15, 0.2) is 11.6 Å². The van der Waals surface area contributed by atoms with Crippen molar-refractivity contribution in [3.05, 3.63) is 18.3 Å². The van der Waals surface area contributed by atoms with E-state index in [0.717, 1.165) is 63.7 Å². The molecule has 1 aromatic rings. The number of ether oxygens (including phenoxy) is 1. The van der Waals surface area contributed by atoms with Gasteiger partial charge in [0.1, 0.15) is 0 Å². The molecule has 7 heteroatoms. The molecule has 4 rings (SSSR count). The summed E-state index contributed by atoms with van der Waals surface area (Å²) in [5.41, 5.74) is 0.254. The fraction of sp³-hybridized carbons (Fsp3) is 0.667. The quantitative estimate of drug-likeness (QED) is 0.899. The molecule has 7 nitrogen and oxygen atoms in total. The van der Waals surface area contributed by atoms with Crippen LogP contribution in [0.15, 0.2) is 18.3 Å². The number of aromatic nitrogens is 1. The molecule has 3 heterocycles. The summed E-state index contributed by atoms with van der Waals surface area (Å²) < 4.78 is 5.43. The number of pyridine rings is 1. The minimum absolute atomic E-state index is 0.254. The molecule has 1 aliphatic carbocycles. The Morgan fingerprint density at radius 2 is 2.08 bits per heavy atom. The summed E-state index contributed by atoms with van der Waals surface area (Å²) in [6.07, 6.45) is 4.54. The first kappa shape index (κ1) is 16.4. The third-order valence-electron chi connectivity index (χ3n) is 6.10. The van der Waals surface area contributed by atoms with E-state index in [2.05, 4.69) is 14.8 Å². The van der Waals surface area contributed by atoms with Crippen LogP contribution in [0.1, 0.15) is 19.3 Å². The number of carbonyl (C=O) groups is 1. The van der Waals surface area contributed by atoms with Crippen molar-refractivity contribution in [2.45, 2.75) is 25.3 Å². The van der Waals surface area contributed by atoms with Gasteiger partial charge in [0.05, 0.1) is 7.11 Å². The molecular weight excluding hydrogens is 320 g/mol. The van der Waals surface area contributed by atoms with Crippen molar-refractivity contribution < 1.29 is 14.6 Å². The van der Waals surface area contributed by atoms with E-state index in [-0.39, 0.29) is 5.41 Å². The molecule has 3 aliphatic rings. The Morgan fingerprint density at radius 1 is 1.32 bits per heavy atom. The van der Waals surface area contributed by atoms with Gasteiger partial charge in [-0.05, 0) is 31.4 Å². The van der Waals surface area contributed by atoms with Crippen molar-refractivity contribution in [3.63, 3.8) is 0 Å². The second-order valence-corrected chi connectivity index (χ2v) is 7.59. The largest absolute Gasteiger partial charge is 0.493 e. The van der Waals surface area contributed by atoms with Gasteiger partial charge in [-0.25, -0.2) is 9.78 Å². The zero-order valence-corrected chi connectivity index (χ0v) is 14.7. The van der Waals surface area contributed by atoms with E-state index in [0.29, 0.717) is 6.04 Å². The zero-order chi connectivity index (χ0) is 17.4. The second kappa shape index (κ2) is 6.37. The first-order chi connectivity index (χ1) is 12.1. The van der Waals surface area contributed by atoms with Crippen LogP contribution in [0.5, 0.6) is 5.75 Å². The third-order valence-corrected chi connectivity index (χ3v) is 6.10. The van der Waals surface area contributed by atoms with Crippen molar-refractivity contribution in [1.29, 1.82) is 0 Å². The number of piperazine rings is 1. The average molecular weight is 346 g/mol. The van der Waals surface area contributed by atoms with E-state index in [1.807, 2.05) is 18.3 Å². The molecule has 136 valence electrons. The van der Waals surface area contributed by atoms with Crippen molar-refractivity contribution in [2.75, 3.05) is 51.3 Å². The summed E-state index contributed by atoms with van der Waals surface area (Å²) in [6.45, 7) is 5.43. The number of carboxylic acid groups (broad SMARTS) is 1. The Kier molecular flexibility index (Phi) is 4.19. The molecule has 3 fully saturated rings. The maximum atomic E-state index is 11.0. The van der Waals surface area contributed by atoms with Crippen LogP contribution in [-0.4, -0.2) is 78.4 Å². The minimum atomic E-state index is -0.771. The molecule has 25 heavy (non-hydrogen) atoms. The monoisotopic (exact) mass is 346 g/mol. The lowest BCUT2D eigenvalue weighted by molar-refractivity contribution is 0.00903. The summed E-state index contributed by atoms with van der Waals surface area (Å²) in [6, 6.07) is 4.46. The van der Waals surface area contributed by atoms with Gasteiger partial charge in [-0.2, -0.15) is 0 Å². The molecule has 1 saturated carbocycles. The lowest BCUT2D eigenvalue weighted by atomic mass is 9.78. The van der Waals surface area contributed by atoms with Crippen LogP contribution in [0.3, 0.4) is 0 Å². The van der Waals surface area contributed by atoms with E-state index in [1.54, 1.807) is 12.0 Å². The Labute approximate surface area is 148 Å². The maximum absolute atomic E-state index is 11.0. The number of hydrogen-bond donors (Lipinski definition) is 1. The lowest BCUT2D eigenvalue weighted by Gasteiger charge is -2.47. The van der Waals surface area contributed by atoms with Crippen LogP contribution in [0.2, 0.25) is 0 Å². The molecule has 1 amide bonds. The highest BCUT2D eigenvalue weighted by atomic mass is 16.5. The highest BCUT2D eigenvalue weighted by Gasteiger charge is 2.50. The zero-order valence-electron chi connectivity index (χ0n) is 14.7. The molecule has 0 radical (unpaired) electrons. The first-order valence-electron chi connectivity index (χ1n) is 9.06. The molecule has 1 N–H and O–H groups in total. The van der Waals surface area contributed by atoms with E-state index in [9.17, 15) is 4.79 Å². The fourth-order valence-corrected chi connectivity index (χ4v) is 4.75. The summed E-state index contributed by atoms with van der Waals surface area (Å²) in [5, 5.41) is 9.07. The molecule has 0 aromatic carbocycles. The van der Waals surface area contributed by atoms with Gasteiger partial charge < -0.3 is 19.6 Å². The topological polar surface area (TPSA) is 69.1 Å². The van der Waals surface area contributed by atoms with Gasteiger partial charge in [0.25, 0.3) is 0 Å². The normalized spacial score (nSPS) is 25.9. The first-order valence-corrected chi connectivity index (χ1v) is 9.06. The molecule has 0 unspecified atom stereocenters. The minimum Gasteiger partial charge on any atom is -0.493 e. The molecule has 1 spiro atoms. The molecule has 2 saturated heterocycles. The number of nitrogens with zero attached hydrogens (tertiary/aromatic N) is 4. The number of rotatable bonds is 3. The number of amides is 1. The van der Waals surface area contributed by atoms with Gasteiger partial charge in [-0.3, -0.25) is 4.90 Å². The van der Waals surface area contributed by atoms with Crippen LogP contribution in [-0.2, 0) is 0 Å². The molecule has 1 atom stereocenters. The van der Waals surface area contributed by atoms with E-state index >= 15 is 0 Å². The van der Waals surface area contributed by atoms with Gasteiger partial charge in [-0.1, -0.05) is 0 Å². The van der Waals surface area contributed by atoms with Crippen LogP contribution < -0.4 is 9.64 Å². The summed E-state index contributed by atoms with van der Waals surface area (Å²) >= 11 is 0. The fourth-order valence-electron chi connectivity index (χ4n) is 4.75. The average Bonchev–Trinajstić information content (AvgIpc) is 3.06.